The molecule has 5 rings (SSSR count). The lowest BCUT2D eigenvalue weighted by molar-refractivity contribution is -0.117. The van der Waals surface area contributed by atoms with Crippen molar-refractivity contribution in [3.8, 4) is 5.75 Å². The Balaban J connectivity index is 1.40. The first-order valence-corrected chi connectivity index (χ1v) is 12.2. The van der Waals surface area contributed by atoms with E-state index in [9.17, 15) is 4.79 Å². The molecule has 3 heterocycles. The number of hydrogen-bond donors (Lipinski definition) is 0. The summed E-state index contributed by atoms with van der Waals surface area (Å²) in [5, 5.41) is 0. The molecule has 1 atom stereocenters. The monoisotopic (exact) mass is 434 g/mol. The zero-order valence-electron chi connectivity index (χ0n) is 19.3. The van der Waals surface area contributed by atoms with Gasteiger partial charge < -0.3 is 4.74 Å². The van der Waals surface area contributed by atoms with Gasteiger partial charge in [-0.05, 0) is 45.2 Å². The fourth-order valence-electron chi connectivity index (χ4n) is 5.74. The molecule has 0 spiro atoms. The summed E-state index contributed by atoms with van der Waals surface area (Å²) in [6, 6.07) is 8.62. The lowest BCUT2D eigenvalue weighted by Crippen LogP contribution is -2.43. The van der Waals surface area contributed by atoms with Crippen molar-refractivity contribution in [3.63, 3.8) is 0 Å². The Morgan fingerprint density at radius 1 is 1.06 bits per heavy atom. The number of likely N-dealkylation sites (tertiary alicyclic amines) is 1. The van der Waals surface area contributed by atoms with E-state index < -0.39 is 0 Å². The maximum Gasteiger partial charge on any atom is 0.233 e. The fraction of sp³-hybridized carbons (Fsp3) is 0.577. The quantitative estimate of drug-likeness (QED) is 0.698. The largest absolute Gasteiger partial charge is 0.496 e. The number of carbonyl (C=O) groups excluding carboxylic acids is 1. The number of rotatable bonds is 5. The zero-order valence-corrected chi connectivity index (χ0v) is 19.3. The molecule has 0 N–H and O–H groups in total. The van der Waals surface area contributed by atoms with Gasteiger partial charge in [0.1, 0.15) is 17.4 Å². The summed E-state index contributed by atoms with van der Waals surface area (Å²) in [7, 11) is 1.67. The van der Waals surface area contributed by atoms with E-state index in [1.165, 1.54) is 45.1 Å². The molecule has 1 aliphatic carbocycles. The maximum atomic E-state index is 12.9. The number of para-hydroxylation sites is 1. The average molecular weight is 435 g/mol. The van der Waals surface area contributed by atoms with E-state index in [4.69, 9.17) is 14.7 Å². The topological polar surface area (TPSA) is 58.6 Å². The first-order chi connectivity index (χ1) is 15.6. The van der Waals surface area contributed by atoms with Crippen molar-refractivity contribution >= 4 is 11.7 Å². The highest BCUT2D eigenvalue weighted by molar-refractivity contribution is 6.00. The van der Waals surface area contributed by atoms with E-state index in [2.05, 4.69) is 4.90 Å². The van der Waals surface area contributed by atoms with Crippen LogP contribution in [0.2, 0.25) is 0 Å². The highest BCUT2D eigenvalue weighted by Gasteiger charge is 2.34. The normalized spacial score (nSPS) is 22.2. The Bertz CT molecular complexity index is 986. The van der Waals surface area contributed by atoms with Crippen LogP contribution in [0.25, 0.3) is 0 Å². The van der Waals surface area contributed by atoms with Crippen LogP contribution in [0.3, 0.4) is 0 Å². The number of hydrogen-bond acceptors (Lipinski definition) is 5. The van der Waals surface area contributed by atoms with Crippen LogP contribution in [0.1, 0.15) is 73.5 Å². The molecule has 1 unspecified atom stereocenters. The molecule has 0 bridgehead atoms. The second-order valence-electron chi connectivity index (χ2n) is 9.56. The number of fused-ring (bicyclic) bond motifs is 1. The van der Waals surface area contributed by atoms with Crippen LogP contribution >= 0.6 is 0 Å². The Kier molecular flexibility index (Phi) is 6.13. The van der Waals surface area contributed by atoms with Crippen molar-refractivity contribution in [3.05, 3.63) is 46.9 Å². The van der Waals surface area contributed by atoms with Crippen molar-refractivity contribution in [2.45, 2.75) is 76.8 Å². The first kappa shape index (κ1) is 21.4. The first-order valence-electron chi connectivity index (χ1n) is 12.2. The molecule has 3 aliphatic rings. The predicted octanol–water partition coefficient (Wildman–Crippen LogP) is 4.40. The molecule has 0 radical (unpaired) electrons. The summed E-state index contributed by atoms with van der Waals surface area (Å²) in [6.45, 7) is 4.75. The summed E-state index contributed by atoms with van der Waals surface area (Å²) >= 11 is 0. The molecule has 1 saturated carbocycles. The van der Waals surface area contributed by atoms with Crippen LogP contribution in [0, 0.1) is 6.92 Å². The second-order valence-corrected chi connectivity index (χ2v) is 9.56. The molecule has 2 fully saturated rings. The van der Waals surface area contributed by atoms with Gasteiger partial charge in [0.2, 0.25) is 5.91 Å². The number of piperidine rings is 1. The Labute approximate surface area is 191 Å². The van der Waals surface area contributed by atoms with Gasteiger partial charge in [-0.15, -0.1) is 0 Å². The second kappa shape index (κ2) is 9.18. The Morgan fingerprint density at radius 3 is 2.69 bits per heavy atom. The molecule has 170 valence electrons. The third-order valence-corrected chi connectivity index (χ3v) is 7.52. The van der Waals surface area contributed by atoms with E-state index in [1.807, 2.05) is 36.1 Å². The zero-order chi connectivity index (χ0) is 22.1. The maximum absolute atomic E-state index is 12.9. The number of benzene rings is 1. The van der Waals surface area contributed by atoms with Gasteiger partial charge in [0.25, 0.3) is 0 Å². The van der Waals surface area contributed by atoms with Gasteiger partial charge in [0.05, 0.1) is 20.1 Å². The Morgan fingerprint density at radius 2 is 1.88 bits per heavy atom. The average Bonchev–Trinajstić information content (AvgIpc) is 3.16. The minimum absolute atomic E-state index is 0.0907. The smallest absolute Gasteiger partial charge is 0.233 e. The van der Waals surface area contributed by atoms with Gasteiger partial charge in [0.15, 0.2) is 0 Å². The molecule has 1 aromatic heterocycles. The van der Waals surface area contributed by atoms with Crippen LogP contribution in [-0.2, 0) is 17.8 Å². The molecule has 1 aromatic carbocycles. The summed E-state index contributed by atoms with van der Waals surface area (Å²) in [6.07, 6.45) is 9.48. The number of ether oxygens (including phenoxy) is 1. The van der Waals surface area contributed by atoms with Crippen LogP contribution in [0.4, 0.5) is 5.82 Å². The number of amides is 1. The number of methoxy groups -OCH3 is 1. The molecule has 2 aliphatic heterocycles. The SMILES string of the molecule is COc1ccccc1CN1C(=O)Cc2c(C)nc(C3CCCN(C4CCCCC4)C3)nc21. The molecular formula is C26H34N4O2. The lowest BCUT2D eigenvalue weighted by Gasteiger charge is -2.39. The van der Waals surface area contributed by atoms with Crippen molar-refractivity contribution in [2.75, 3.05) is 25.1 Å². The van der Waals surface area contributed by atoms with E-state index in [0.29, 0.717) is 18.9 Å². The number of anilines is 1. The Hall–Kier alpha value is -2.47. The van der Waals surface area contributed by atoms with Crippen molar-refractivity contribution < 1.29 is 9.53 Å². The molecule has 1 amide bonds. The summed E-state index contributed by atoms with van der Waals surface area (Å²) in [4.78, 5) is 27.4. The van der Waals surface area contributed by atoms with Crippen LogP contribution < -0.4 is 9.64 Å². The van der Waals surface area contributed by atoms with E-state index in [1.54, 1.807) is 7.11 Å². The highest BCUT2D eigenvalue weighted by atomic mass is 16.5. The number of carbonyl (C=O) groups is 1. The number of aryl methyl sites for hydroxylation is 1. The lowest BCUT2D eigenvalue weighted by atomic mass is 9.90. The van der Waals surface area contributed by atoms with Gasteiger partial charge >= 0.3 is 0 Å². The molecule has 1 saturated heterocycles. The van der Waals surface area contributed by atoms with E-state index in [0.717, 1.165) is 53.2 Å². The third kappa shape index (κ3) is 4.13. The van der Waals surface area contributed by atoms with E-state index >= 15 is 0 Å². The van der Waals surface area contributed by atoms with Gasteiger partial charge in [-0.3, -0.25) is 14.6 Å². The molecule has 2 aromatic rings. The summed E-state index contributed by atoms with van der Waals surface area (Å²) in [5.74, 6) is 2.96. The predicted molar refractivity (Wildman–Crippen MR) is 125 cm³/mol. The highest BCUT2D eigenvalue weighted by Crippen LogP contribution is 2.35. The van der Waals surface area contributed by atoms with Crippen molar-refractivity contribution in [2.24, 2.45) is 0 Å². The van der Waals surface area contributed by atoms with Crippen LogP contribution in [0.5, 0.6) is 5.75 Å². The standard InChI is InChI=1S/C26H34N4O2/c1-18-22-15-24(31)30(17-19-9-6-7-13-23(19)32-2)26(22)28-25(27-18)20-10-8-14-29(16-20)21-11-4-3-5-12-21/h6-7,9,13,20-21H,3-5,8,10-12,14-17H2,1-2H3. The van der Waals surface area contributed by atoms with Gasteiger partial charge in [-0.1, -0.05) is 37.5 Å². The van der Waals surface area contributed by atoms with Crippen LogP contribution in [-0.4, -0.2) is 47.0 Å². The van der Waals surface area contributed by atoms with Crippen molar-refractivity contribution in [1.82, 2.24) is 14.9 Å². The molecular weight excluding hydrogens is 400 g/mol. The van der Waals surface area contributed by atoms with Crippen LogP contribution in [0.15, 0.2) is 24.3 Å². The summed E-state index contributed by atoms with van der Waals surface area (Å²) < 4.78 is 5.51. The van der Waals surface area contributed by atoms with Crippen molar-refractivity contribution in [1.29, 1.82) is 0 Å². The minimum Gasteiger partial charge on any atom is -0.496 e. The molecule has 6 nitrogen and oxygen atoms in total. The van der Waals surface area contributed by atoms with Gasteiger partial charge in [0, 0.05) is 35.3 Å². The summed E-state index contributed by atoms with van der Waals surface area (Å²) in [5.41, 5.74) is 2.93. The van der Waals surface area contributed by atoms with E-state index in [-0.39, 0.29) is 5.91 Å². The number of aromatic nitrogens is 2. The fourth-order valence-corrected chi connectivity index (χ4v) is 5.74. The molecule has 6 heteroatoms. The molecule has 32 heavy (non-hydrogen) atoms. The minimum atomic E-state index is 0.0907. The van der Waals surface area contributed by atoms with Gasteiger partial charge in [-0.2, -0.15) is 0 Å². The third-order valence-electron chi connectivity index (χ3n) is 7.52. The number of nitrogens with zero attached hydrogens (tertiary/aromatic N) is 4. The van der Waals surface area contributed by atoms with Gasteiger partial charge in [-0.25, -0.2) is 9.97 Å².